The van der Waals surface area contributed by atoms with E-state index in [1.165, 1.54) is 0 Å². The summed E-state index contributed by atoms with van der Waals surface area (Å²) in [5.74, 6) is -0.0505. The van der Waals surface area contributed by atoms with Crippen molar-refractivity contribution in [3.05, 3.63) is 42.5 Å². The summed E-state index contributed by atoms with van der Waals surface area (Å²) in [5, 5.41) is 4.14. The van der Waals surface area contributed by atoms with Crippen LogP contribution in [0.25, 0.3) is 0 Å². The van der Waals surface area contributed by atoms with Crippen LogP contribution in [-0.4, -0.2) is 50.1 Å². The number of anilines is 1. The van der Waals surface area contributed by atoms with Gasteiger partial charge < -0.3 is 9.80 Å². The van der Waals surface area contributed by atoms with Crippen LogP contribution in [0, 0.1) is 0 Å². The molecule has 2 atom stereocenters. The normalized spacial score (nSPS) is 23.4. The molecule has 7 heteroatoms. The maximum atomic E-state index is 12.7. The maximum Gasteiger partial charge on any atom is 0.272 e. The summed E-state index contributed by atoms with van der Waals surface area (Å²) >= 11 is 0. The number of pyridine rings is 1. The summed E-state index contributed by atoms with van der Waals surface area (Å²) < 4.78 is 1.68. The Kier molecular flexibility index (Phi) is 3.14. The van der Waals surface area contributed by atoms with E-state index in [1.807, 2.05) is 13.2 Å². The first-order valence-electron chi connectivity index (χ1n) is 7.68. The molecule has 4 heterocycles. The molecule has 7 nitrogen and oxygen atoms in total. The second-order valence-electron chi connectivity index (χ2n) is 5.98. The molecule has 0 bridgehead atoms. The molecule has 4 rings (SSSR count). The van der Waals surface area contributed by atoms with E-state index in [9.17, 15) is 9.59 Å². The second-order valence-corrected chi connectivity index (χ2v) is 5.98. The number of rotatable bonds is 2. The van der Waals surface area contributed by atoms with Crippen molar-refractivity contribution in [2.75, 3.05) is 11.4 Å². The highest BCUT2D eigenvalue weighted by Crippen LogP contribution is 2.36. The van der Waals surface area contributed by atoms with Gasteiger partial charge in [0.25, 0.3) is 5.91 Å². The van der Waals surface area contributed by atoms with E-state index in [0.29, 0.717) is 18.7 Å². The zero-order chi connectivity index (χ0) is 16.0. The first-order chi connectivity index (χ1) is 11.1. The van der Waals surface area contributed by atoms with Gasteiger partial charge in [0, 0.05) is 32.4 Å². The number of hydrogen-bond donors (Lipinski definition) is 0. The number of fused-ring (bicyclic) bond motifs is 1. The monoisotopic (exact) mass is 311 g/mol. The van der Waals surface area contributed by atoms with Gasteiger partial charge in [-0.05, 0) is 18.6 Å². The van der Waals surface area contributed by atoms with Crippen LogP contribution in [0.3, 0.4) is 0 Å². The fourth-order valence-electron chi connectivity index (χ4n) is 3.60. The topological polar surface area (TPSA) is 71.3 Å². The fourth-order valence-corrected chi connectivity index (χ4v) is 3.60. The summed E-state index contributed by atoms with van der Waals surface area (Å²) in [5.41, 5.74) is 1.23. The van der Waals surface area contributed by atoms with Gasteiger partial charge in [-0.1, -0.05) is 6.07 Å². The van der Waals surface area contributed by atoms with E-state index in [2.05, 4.69) is 10.1 Å². The second kappa shape index (κ2) is 5.19. The van der Waals surface area contributed by atoms with Crippen molar-refractivity contribution < 1.29 is 9.59 Å². The highest BCUT2D eigenvalue weighted by molar-refractivity contribution is 5.99. The Balaban J connectivity index is 1.60. The molecule has 2 fully saturated rings. The van der Waals surface area contributed by atoms with E-state index in [1.54, 1.807) is 45.1 Å². The van der Waals surface area contributed by atoms with Crippen molar-refractivity contribution in [3.8, 4) is 0 Å². The molecule has 0 unspecified atom stereocenters. The lowest BCUT2D eigenvalue weighted by atomic mass is 10.1. The Hall–Kier alpha value is -2.70. The van der Waals surface area contributed by atoms with Crippen LogP contribution < -0.4 is 4.90 Å². The molecule has 118 valence electrons. The Morgan fingerprint density at radius 1 is 1.30 bits per heavy atom. The van der Waals surface area contributed by atoms with Gasteiger partial charge in [0.1, 0.15) is 5.69 Å². The van der Waals surface area contributed by atoms with Crippen LogP contribution in [-0.2, 0) is 11.8 Å². The predicted molar refractivity (Wildman–Crippen MR) is 82.8 cm³/mol. The maximum absolute atomic E-state index is 12.7. The van der Waals surface area contributed by atoms with Crippen LogP contribution in [0.2, 0.25) is 0 Å². The molecule has 2 aromatic rings. The summed E-state index contributed by atoms with van der Waals surface area (Å²) in [6.07, 6.45) is 6.29. The third-order valence-corrected chi connectivity index (χ3v) is 4.61. The molecule has 0 aliphatic carbocycles. The number of aromatic nitrogens is 3. The smallest absolute Gasteiger partial charge is 0.272 e. The van der Waals surface area contributed by atoms with Gasteiger partial charge in [-0.2, -0.15) is 5.10 Å². The van der Waals surface area contributed by atoms with Gasteiger partial charge in [-0.3, -0.25) is 19.3 Å². The van der Waals surface area contributed by atoms with E-state index < -0.39 is 0 Å². The number of likely N-dealkylation sites (tertiary alicyclic amines) is 1. The number of carbonyl (C=O) groups excluding carboxylic acids is 2. The molecule has 0 aromatic carbocycles. The molecular weight excluding hydrogens is 294 g/mol. The summed E-state index contributed by atoms with van der Waals surface area (Å²) in [7, 11) is 1.83. The van der Waals surface area contributed by atoms with Crippen LogP contribution in [0.4, 0.5) is 5.69 Å². The third-order valence-electron chi connectivity index (χ3n) is 4.61. The molecule has 2 aliphatic heterocycles. The van der Waals surface area contributed by atoms with E-state index in [0.717, 1.165) is 12.1 Å². The standard InChI is InChI=1S/C16H17N5O2/c1-19-10-11(9-18-19)21-13-5-7-20(14(13)8-15(21)22)16(23)12-4-2-3-6-17-12/h2-4,6,9-10,13-14H,5,7-8H2,1H3/t13-,14+/m0/s1. The average Bonchev–Trinajstić information content (AvgIpc) is 3.22. The zero-order valence-corrected chi connectivity index (χ0v) is 12.8. The highest BCUT2D eigenvalue weighted by atomic mass is 16.2. The molecule has 0 spiro atoms. The lowest BCUT2D eigenvalue weighted by Crippen LogP contribution is -2.40. The van der Waals surface area contributed by atoms with Crippen molar-refractivity contribution in [1.82, 2.24) is 19.7 Å². The van der Waals surface area contributed by atoms with Crippen LogP contribution >= 0.6 is 0 Å². The van der Waals surface area contributed by atoms with Gasteiger partial charge >= 0.3 is 0 Å². The first kappa shape index (κ1) is 13.9. The van der Waals surface area contributed by atoms with Gasteiger partial charge in [0.2, 0.25) is 5.91 Å². The SMILES string of the molecule is Cn1cc(N2C(=O)C[C@@H]3[C@@H]2CCN3C(=O)c2ccccn2)cn1. The quantitative estimate of drug-likeness (QED) is 0.824. The molecule has 2 saturated heterocycles. The van der Waals surface area contributed by atoms with Gasteiger partial charge in [-0.15, -0.1) is 0 Å². The van der Waals surface area contributed by atoms with Crippen LogP contribution in [0.1, 0.15) is 23.3 Å². The third kappa shape index (κ3) is 2.19. The van der Waals surface area contributed by atoms with E-state index in [4.69, 9.17) is 0 Å². The summed E-state index contributed by atoms with van der Waals surface area (Å²) in [6.45, 7) is 0.648. The van der Waals surface area contributed by atoms with Crippen molar-refractivity contribution in [3.63, 3.8) is 0 Å². The number of carbonyl (C=O) groups is 2. The number of hydrogen-bond acceptors (Lipinski definition) is 4. The Bertz CT molecular complexity index is 757. The van der Waals surface area contributed by atoms with Crippen LogP contribution in [0.15, 0.2) is 36.8 Å². The molecule has 2 aromatic heterocycles. The number of aryl methyl sites for hydroxylation is 1. The number of amides is 2. The van der Waals surface area contributed by atoms with Crippen molar-refractivity contribution in [1.29, 1.82) is 0 Å². The van der Waals surface area contributed by atoms with Crippen molar-refractivity contribution >= 4 is 17.5 Å². The fraction of sp³-hybridized carbons (Fsp3) is 0.375. The van der Waals surface area contributed by atoms with Gasteiger partial charge in [0.05, 0.1) is 24.0 Å². The van der Waals surface area contributed by atoms with E-state index >= 15 is 0 Å². The molecule has 0 saturated carbocycles. The first-order valence-corrected chi connectivity index (χ1v) is 7.68. The molecule has 23 heavy (non-hydrogen) atoms. The van der Waals surface area contributed by atoms with Crippen LogP contribution in [0.5, 0.6) is 0 Å². The van der Waals surface area contributed by atoms with Crippen molar-refractivity contribution in [2.45, 2.75) is 24.9 Å². The zero-order valence-electron chi connectivity index (χ0n) is 12.8. The van der Waals surface area contributed by atoms with Gasteiger partial charge in [0.15, 0.2) is 0 Å². The molecule has 0 radical (unpaired) electrons. The molecule has 0 N–H and O–H groups in total. The lowest BCUT2D eigenvalue weighted by molar-refractivity contribution is -0.117. The largest absolute Gasteiger partial charge is 0.332 e. The molecule has 2 aliphatic rings. The number of nitrogens with zero attached hydrogens (tertiary/aromatic N) is 5. The van der Waals surface area contributed by atoms with E-state index in [-0.39, 0.29) is 23.9 Å². The summed E-state index contributed by atoms with van der Waals surface area (Å²) in [4.78, 5) is 32.8. The Labute approximate surface area is 133 Å². The Morgan fingerprint density at radius 3 is 2.87 bits per heavy atom. The molecule has 2 amide bonds. The lowest BCUT2D eigenvalue weighted by Gasteiger charge is -2.24. The van der Waals surface area contributed by atoms with Gasteiger partial charge in [-0.25, -0.2) is 0 Å². The minimum absolute atomic E-state index is 0.0272. The molecular formula is C16H17N5O2. The van der Waals surface area contributed by atoms with Crippen molar-refractivity contribution in [2.24, 2.45) is 7.05 Å². The predicted octanol–water partition coefficient (Wildman–Crippen LogP) is 0.835. The highest BCUT2D eigenvalue weighted by Gasteiger charge is 2.49. The minimum atomic E-state index is -0.0982. The average molecular weight is 311 g/mol. The minimum Gasteiger partial charge on any atom is -0.332 e. The summed E-state index contributed by atoms with van der Waals surface area (Å²) in [6, 6.07) is 5.24. The Morgan fingerprint density at radius 2 is 2.17 bits per heavy atom.